The molecule has 1 unspecified atom stereocenters. The topological polar surface area (TPSA) is 92.5 Å². The summed E-state index contributed by atoms with van der Waals surface area (Å²) < 4.78 is 0. The number of nitrogens with one attached hydrogen (secondary N) is 1. The number of carbonyl (C=O) groups excluding carboxylic acids is 3. The monoisotopic (exact) mass is 393 g/mol. The molecular formula is C23H27N3O3. The van der Waals surface area contributed by atoms with Crippen LogP contribution in [0.3, 0.4) is 0 Å². The third-order valence-electron chi connectivity index (χ3n) is 5.27. The van der Waals surface area contributed by atoms with Crippen LogP contribution in [0.4, 0.5) is 5.69 Å². The molecule has 0 saturated carbocycles. The van der Waals surface area contributed by atoms with E-state index in [1.165, 1.54) is 5.56 Å². The Hall–Kier alpha value is -3.15. The minimum Gasteiger partial charge on any atom is -0.366 e. The average molecular weight is 393 g/mol. The molecule has 6 nitrogen and oxygen atoms in total. The van der Waals surface area contributed by atoms with Crippen LogP contribution in [0.5, 0.6) is 0 Å². The standard InChI is InChI=1S/C23H27N3O3/c1-2-3-4-16-7-11-20(12-8-16)26-15-19(13-21(26)27)23(29)25-14-17-5-9-18(10-6-17)22(24)28/h5-12,19H,2-4,13-15H2,1H3,(H2,24,28)(H,25,29). The van der Waals surface area contributed by atoms with Gasteiger partial charge in [0.15, 0.2) is 0 Å². The number of amides is 3. The maximum absolute atomic E-state index is 12.5. The third-order valence-corrected chi connectivity index (χ3v) is 5.27. The molecule has 3 rings (SSSR count). The van der Waals surface area contributed by atoms with Crippen molar-refractivity contribution in [2.24, 2.45) is 11.7 Å². The van der Waals surface area contributed by atoms with Gasteiger partial charge in [-0.15, -0.1) is 0 Å². The molecule has 2 aromatic carbocycles. The smallest absolute Gasteiger partial charge is 0.248 e. The van der Waals surface area contributed by atoms with Gasteiger partial charge >= 0.3 is 0 Å². The lowest BCUT2D eigenvalue weighted by Crippen LogP contribution is -2.32. The highest BCUT2D eigenvalue weighted by molar-refractivity contribution is 6.00. The zero-order valence-electron chi connectivity index (χ0n) is 16.7. The molecule has 0 bridgehead atoms. The maximum Gasteiger partial charge on any atom is 0.248 e. The number of primary amides is 1. The second-order valence-electron chi connectivity index (χ2n) is 7.45. The summed E-state index contributed by atoms with van der Waals surface area (Å²) in [4.78, 5) is 37.8. The summed E-state index contributed by atoms with van der Waals surface area (Å²) in [7, 11) is 0. The van der Waals surface area contributed by atoms with Crippen molar-refractivity contribution < 1.29 is 14.4 Å². The van der Waals surface area contributed by atoms with E-state index in [0.717, 1.165) is 30.5 Å². The first kappa shape index (κ1) is 20.6. The van der Waals surface area contributed by atoms with Gasteiger partial charge < -0.3 is 16.0 Å². The van der Waals surface area contributed by atoms with E-state index in [-0.39, 0.29) is 24.2 Å². The SMILES string of the molecule is CCCCc1ccc(N2CC(C(=O)NCc3ccc(C(N)=O)cc3)CC2=O)cc1. The van der Waals surface area contributed by atoms with Crippen molar-refractivity contribution in [1.82, 2.24) is 5.32 Å². The van der Waals surface area contributed by atoms with Crippen molar-refractivity contribution in [3.05, 3.63) is 65.2 Å². The molecule has 0 aromatic heterocycles. The Morgan fingerprint density at radius 1 is 1.07 bits per heavy atom. The van der Waals surface area contributed by atoms with Crippen LogP contribution in [0.25, 0.3) is 0 Å². The Balaban J connectivity index is 1.55. The van der Waals surface area contributed by atoms with Crippen molar-refractivity contribution in [3.63, 3.8) is 0 Å². The Morgan fingerprint density at radius 2 is 1.72 bits per heavy atom. The fourth-order valence-corrected chi connectivity index (χ4v) is 3.48. The van der Waals surface area contributed by atoms with Gasteiger partial charge in [-0.05, 0) is 48.2 Å². The van der Waals surface area contributed by atoms with E-state index in [1.54, 1.807) is 29.2 Å². The number of unbranched alkanes of at least 4 members (excludes halogenated alkanes) is 1. The summed E-state index contributed by atoms with van der Waals surface area (Å²) in [5, 5.41) is 2.88. The number of hydrogen-bond acceptors (Lipinski definition) is 3. The molecule has 0 spiro atoms. The van der Waals surface area contributed by atoms with Crippen molar-refractivity contribution in [2.45, 2.75) is 39.2 Å². The van der Waals surface area contributed by atoms with E-state index in [1.807, 2.05) is 12.1 Å². The fourth-order valence-electron chi connectivity index (χ4n) is 3.48. The molecule has 3 N–H and O–H groups in total. The molecule has 1 atom stereocenters. The van der Waals surface area contributed by atoms with E-state index in [9.17, 15) is 14.4 Å². The van der Waals surface area contributed by atoms with E-state index in [2.05, 4.69) is 24.4 Å². The highest BCUT2D eigenvalue weighted by Crippen LogP contribution is 2.26. The maximum atomic E-state index is 12.5. The molecule has 152 valence electrons. The van der Waals surface area contributed by atoms with Crippen LogP contribution in [0, 0.1) is 5.92 Å². The van der Waals surface area contributed by atoms with Crippen LogP contribution < -0.4 is 16.0 Å². The lowest BCUT2D eigenvalue weighted by Gasteiger charge is -2.17. The summed E-state index contributed by atoms with van der Waals surface area (Å²) in [6, 6.07) is 14.8. The number of anilines is 1. The van der Waals surface area contributed by atoms with Crippen LogP contribution in [-0.2, 0) is 22.6 Å². The van der Waals surface area contributed by atoms with Crippen LogP contribution in [-0.4, -0.2) is 24.3 Å². The lowest BCUT2D eigenvalue weighted by molar-refractivity contribution is -0.126. The predicted octanol–water partition coefficient (Wildman–Crippen LogP) is 2.80. The Labute approximate surface area is 171 Å². The van der Waals surface area contributed by atoms with Crippen LogP contribution >= 0.6 is 0 Å². The zero-order valence-corrected chi connectivity index (χ0v) is 16.7. The minimum atomic E-state index is -0.483. The highest BCUT2D eigenvalue weighted by atomic mass is 16.2. The van der Waals surface area contributed by atoms with Crippen LogP contribution in [0.2, 0.25) is 0 Å². The molecule has 1 aliphatic rings. The van der Waals surface area contributed by atoms with Crippen molar-refractivity contribution in [2.75, 3.05) is 11.4 Å². The molecular weight excluding hydrogens is 366 g/mol. The summed E-state index contributed by atoms with van der Waals surface area (Å²) in [5.74, 6) is -1.02. The quantitative estimate of drug-likeness (QED) is 0.722. The second kappa shape index (κ2) is 9.37. The lowest BCUT2D eigenvalue weighted by atomic mass is 10.1. The number of rotatable bonds is 8. The predicted molar refractivity (Wildman–Crippen MR) is 112 cm³/mol. The van der Waals surface area contributed by atoms with Crippen LogP contribution in [0.15, 0.2) is 48.5 Å². The third kappa shape index (κ3) is 5.22. The summed E-state index contributed by atoms with van der Waals surface area (Å²) in [5.41, 5.74) is 8.63. The molecule has 1 aliphatic heterocycles. The molecule has 2 aromatic rings. The molecule has 3 amide bonds. The van der Waals surface area contributed by atoms with Gasteiger partial charge in [-0.25, -0.2) is 0 Å². The second-order valence-corrected chi connectivity index (χ2v) is 7.45. The summed E-state index contributed by atoms with van der Waals surface area (Å²) in [6.45, 7) is 2.90. The molecule has 1 saturated heterocycles. The first-order valence-electron chi connectivity index (χ1n) is 10.0. The van der Waals surface area contributed by atoms with Gasteiger partial charge in [0.05, 0.1) is 5.92 Å². The van der Waals surface area contributed by atoms with Gasteiger partial charge in [-0.3, -0.25) is 14.4 Å². The number of nitrogens with two attached hydrogens (primary N) is 1. The number of carbonyl (C=O) groups is 3. The van der Waals surface area contributed by atoms with Gasteiger partial charge in [0.25, 0.3) is 0 Å². The van der Waals surface area contributed by atoms with Gasteiger partial charge in [0, 0.05) is 30.8 Å². The summed E-state index contributed by atoms with van der Waals surface area (Å²) in [6.07, 6.45) is 3.55. The Bertz CT molecular complexity index is 875. The first-order valence-corrected chi connectivity index (χ1v) is 10.0. The minimum absolute atomic E-state index is 0.0303. The Kier molecular flexibility index (Phi) is 6.65. The van der Waals surface area contributed by atoms with Crippen molar-refractivity contribution in [3.8, 4) is 0 Å². The molecule has 1 fully saturated rings. The highest BCUT2D eigenvalue weighted by Gasteiger charge is 2.34. The summed E-state index contributed by atoms with van der Waals surface area (Å²) >= 11 is 0. The fraction of sp³-hybridized carbons (Fsp3) is 0.348. The number of benzene rings is 2. The van der Waals surface area contributed by atoms with Gasteiger partial charge in [0.1, 0.15) is 0 Å². The van der Waals surface area contributed by atoms with Crippen LogP contribution in [0.1, 0.15) is 47.7 Å². The molecule has 1 heterocycles. The van der Waals surface area contributed by atoms with Crippen molar-refractivity contribution in [1.29, 1.82) is 0 Å². The average Bonchev–Trinajstić information content (AvgIpc) is 3.13. The van der Waals surface area contributed by atoms with Crippen molar-refractivity contribution >= 4 is 23.4 Å². The zero-order chi connectivity index (χ0) is 20.8. The Morgan fingerprint density at radius 3 is 2.34 bits per heavy atom. The number of hydrogen-bond donors (Lipinski definition) is 2. The molecule has 29 heavy (non-hydrogen) atoms. The number of nitrogens with zero attached hydrogens (tertiary/aromatic N) is 1. The number of aryl methyl sites for hydroxylation is 1. The van der Waals surface area contributed by atoms with E-state index >= 15 is 0 Å². The molecule has 0 radical (unpaired) electrons. The molecule has 0 aliphatic carbocycles. The van der Waals surface area contributed by atoms with E-state index in [0.29, 0.717) is 18.7 Å². The largest absolute Gasteiger partial charge is 0.366 e. The van der Waals surface area contributed by atoms with Gasteiger partial charge in [0.2, 0.25) is 17.7 Å². The first-order chi connectivity index (χ1) is 14.0. The van der Waals surface area contributed by atoms with Gasteiger partial charge in [-0.2, -0.15) is 0 Å². The van der Waals surface area contributed by atoms with Gasteiger partial charge in [-0.1, -0.05) is 37.6 Å². The van der Waals surface area contributed by atoms with E-state index < -0.39 is 5.91 Å². The molecule has 6 heteroatoms. The normalized spacial score (nSPS) is 16.1. The van der Waals surface area contributed by atoms with E-state index in [4.69, 9.17) is 5.73 Å².